The molecule has 1 N–H and O–H groups in total. The van der Waals surface area contributed by atoms with Crippen molar-refractivity contribution >= 4 is 5.91 Å². The molecule has 1 aliphatic heterocycles. The zero-order chi connectivity index (χ0) is 12.8. The Kier molecular flexibility index (Phi) is 5.92. The van der Waals surface area contributed by atoms with Gasteiger partial charge < -0.3 is 10.0 Å². The van der Waals surface area contributed by atoms with Crippen molar-refractivity contribution < 1.29 is 9.90 Å². The molecule has 0 aromatic rings. The summed E-state index contributed by atoms with van der Waals surface area (Å²) in [5.74, 6) is 0.796. The van der Waals surface area contributed by atoms with Crippen molar-refractivity contribution in [2.75, 3.05) is 39.3 Å². The molecule has 0 bridgehead atoms. The van der Waals surface area contributed by atoms with E-state index in [0.29, 0.717) is 5.92 Å². The van der Waals surface area contributed by atoms with Crippen LogP contribution in [0.1, 0.15) is 27.2 Å². The summed E-state index contributed by atoms with van der Waals surface area (Å²) in [4.78, 5) is 16.4. The first-order valence-corrected chi connectivity index (χ1v) is 6.68. The zero-order valence-electron chi connectivity index (χ0n) is 11.4. The smallest absolute Gasteiger partial charge is 0.225 e. The van der Waals surface area contributed by atoms with Crippen molar-refractivity contribution in [3.05, 3.63) is 0 Å². The summed E-state index contributed by atoms with van der Waals surface area (Å²) < 4.78 is 0. The molecule has 4 heteroatoms. The minimum absolute atomic E-state index is 0.111. The highest BCUT2D eigenvalue weighted by Gasteiger charge is 2.24. The summed E-state index contributed by atoms with van der Waals surface area (Å²) in [6.45, 7) is 10.7. The van der Waals surface area contributed by atoms with Crippen molar-refractivity contribution in [1.29, 1.82) is 0 Å². The van der Waals surface area contributed by atoms with Crippen LogP contribution in [-0.2, 0) is 4.79 Å². The second-order valence-electron chi connectivity index (χ2n) is 5.28. The van der Waals surface area contributed by atoms with E-state index in [1.165, 1.54) is 0 Å². The van der Waals surface area contributed by atoms with Crippen molar-refractivity contribution in [3.63, 3.8) is 0 Å². The highest BCUT2D eigenvalue weighted by atomic mass is 16.3. The van der Waals surface area contributed by atoms with E-state index in [4.69, 9.17) is 5.11 Å². The molecule has 1 unspecified atom stereocenters. The van der Waals surface area contributed by atoms with E-state index < -0.39 is 0 Å². The van der Waals surface area contributed by atoms with Crippen molar-refractivity contribution in [2.45, 2.75) is 27.2 Å². The van der Waals surface area contributed by atoms with Crippen LogP contribution < -0.4 is 0 Å². The number of carbonyl (C=O) groups excluding carboxylic acids is 1. The van der Waals surface area contributed by atoms with Crippen LogP contribution in [0.2, 0.25) is 0 Å². The Morgan fingerprint density at radius 1 is 1.18 bits per heavy atom. The molecule has 0 aromatic heterocycles. The number of aliphatic hydroxyl groups is 1. The molecule has 17 heavy (non-hydrogen) atoms. The van der Waals surface area contributed by atoms with Gasteiger partial charge in [-0.15, -0.1) is 0 Å². The van der Waals surface area contributed by atoms with Crippen LogP contribution in [0.5, 0.6) is 0 Å². The predicted octanol–water partition coefficient (Wildman–Crippen LogP) is 0.805. The van der Waals surface area contributed by atoms with Gasteiger partial charge in [0.2, 0.25) is 5.91 Å². The fourth-order valence-corrected chi connectivity index (χ4v) is 2.13. The van der Waals surface area contributed by atoms with E-state index in [1.807, 2.05) is 11.8 Å². The molecule has 1 heterocycles. The average Bonchev–Trinajstić information content (AvgIpc) is 2.53. The van der Waals surface area contributed by atoms with Gasteiger partial charge in [0.05, 0.1) is 6.61 Å². The number of hydrogen-bond acceptors (Lipinski definition) is 3. The van der Waals surface area contributed by atoms with Gasteiger partial charge in [0.25, 0.3) is 0 Å². The molecule has 1 amide bonds. The van der Waals surface area contributed by atoms with Gasteiger partial charge in [0.15, 0.2) is 0 Å². The highest BCUT2D eigenvalue weighted by Crippen LogP contribution is 2.15. The molecule has 0 aliphatic carbocycles. The first-order chi connectivity index (χ1) is 8.06. The maximum atomic E-state index is 12.2. The summed E-state index contributed by atoms with van der Waals surface area (Å²) in [5, 5.41) is 8.92. The topological polar surface area (TPSA) is 43.8 Å². The van der Waals surface area contributed by atoms with Gasteiger partial charge in [-0.1, -0.05) is 20.8 Å². The van der Waals surface area contributed by atoms with E-state index in [-0.39, 0.29) is 18.4 Å². The molecule has 0 aromatic carbocycles. The molecule has 0 saturated carbocycles. The van der Waals surface area contributed by atoms with Crippen LogP contribution in [0.15, 0.2) is 0 Å². The maximum Gasteiger partial charge on any atom is 0.225 e. The zero-order valence-corrected chi connectivity index (χ0v) is 11.4. The number of hydrogen-bond donors (Lipinski definition) is 1. The molecule has 1 fully saturated rings. The summed E-state index contributed by atoms with van der Waals surface area (Å²) >= 11 is 0. The third-order valence-corrected chi connectivity index (χ3v) is 3.71. The van der Waals surface area contributed by atoms with Crippen molar-refractivity contribution in [3.8, 4) is 0 Å². The number of nitrogens with zero attached hydrogens (tertiary/aromatic N) is 2. The van der Waals surface area contributed by atoms with Gasteiger partial charge >= 0.3 is 0 Å². The largest absolute Gasteiger partial charge is 0.395 e. The lowest BCUT2D eigenvalue weighted by molar-refractivity contribution is -0.136. The van der Waals surface area contributed by atoms with Crippen LogP contribution in [0.4, 0.5) is 0 Å². The van der Waals surface area contributed by atoms with Crippen molar-refractivity contribution in [1.82, 2.24) is 9.80 Å². The Hall–Kier alpha value is -0.610. The lowest BCUT2D eigenvalue weighted by atomic mass is 9.96. The first kappa shape index (κ1) is 14.5. The Bertz CT molecular complexity index is 244. The normalized spacial score (nSPS) is 20.4. The minimum atomic E-state index is 0.111. The van der Waals surface area contributed by atoms with Crippen LogP contribution in [0.3, 0.4) is 0 Å². The Balaban J connectivity index is 2.48. The molecule has 0 radical (unpaired) electrons. The Labute approximate surface area is 105 Å². The number of aliphatic hydroxyl groups excluding tert-OH is 1. The molecular weight excluding hydrogens is 216 g/mol. The molecule has 1 saturated heterocycles. The van der Waals surface area contributed by atoms with E-state index >= 15 is 0 Å². The summed E-state index contributed by atoms with van der Waals surface area (Å²) in [6, 6.07) is 0. The quantitative estimate of drug-likeness (QED) is 0.793. The first-order valence-electron chi connectivity index (χ1n) is 6.68. The molecular formula is C13H26N2O2. The monoisotopic (exact) mass is 242 g/mol. The molecule has 1 rings (SSSR count). The number of amides is 1. The van der Waals surface area contributed by atoms with Gasteiger partial charge in [0.1, 0.15) is 0 Å². The lowest BCUT2D eigenvalue weighted by Gasteiger charge is -2.26. The predicted molar refractivity (Wildman–Crippen MR) is 68.7 cm³/mol. The van der Waals surface area contributed by atoms with E-state index in [9.17, 15) is 4.79 Å². The van der Waals surface area contributed by atoms with Gasteiger partial charge in [0, 0.05) is 32.1 Å². The molecule has 0 spiro atoms. The molecule has 1 aliphatic rings. The SMILES string of the molecule is CC(C)C(C)C(=O)N1CCCN(CCO)CC1. The summed E-state index contributed by atoms with van der Waals surface area (Å²) in [7, 11) is 0. The number of carbonyl (C=O) groups is 1. The van der Waals surface area contributed by atoms with Crippen LogP contribution in [0, 0.1) is 11.8 Å². The summed E-state index contributed by atoms with van der Waals surface area (Å²) in [6.07, 6.45) is 1.01. The van der Waals surface area contributed by atoms with Gasteiger partial charge in [-0.3, -0.25) is 9.69 Å². The van der Waals surface area contributed by atoms with Crippen molar-refractivity contribution in [2.24, 2.45) is 11.8 Å². The van der Waals surface area contributed by atoms with Crippen LogP contribution in [0.25, 0.3) is 0 Å². The van der Waals surface area contributed by atoms with E-state index in [0.717, 1.165) is 39.1 Å². The minimum Gasteiger partial charge on any atom is -0.395 e. The number of rotatable bonds is 4. The van der Waals surface area contributed by atoms with Crippen LogP contribution >= 0.6 is 0 Å². The highest BCUT2D eigenvalue weighted by molar-refractivity contribution is 5.78. The standard InChI is InChI=1S/C13H26N2O2/c1-11(2)12(3)13(17)15-6-4-5-14(7-8-15)9-10-16/h11-12,16H,4-10H2,1-3H3. The second kappa shape index (κ2) is 6.97. The maximum absolute atomic E-state index is 12.2. The van der Waals surface area contributed by atoms with E-state index in [2.05, 4.69) is 18.7 Å². The fraction of sp³-hybridized carbons (Fsp3) is 0.923. The number of β-amino-alcohol motifs (C(OH)–C–C–N with tert-alkyl or cyclic N) is 1. The van der Waals surface area contributed by atoms with Gasteiger partial charge in [-0.2, -0.15) is 0 Å². The Morgan fingerprint density at radius 2 is 1.88 bits per heavy atom. The van der Waals surface area contributed by atoms with Crippen LogP contribution in [-0.4, -0.2) is 60.1 Å². The molecule has 1 atom stereocenters. The van der Waals surface area contributed by atoms with E-state index in [1.54, 1.807) is 0 Å². The lowest BCUT2D eigenvalue weighted by Crippen LogP contribution is -2.39. The molecule has 4 nitrogen and oxygen atoms in total. The molecule has 100 valence electrons. The Morgan fingerprint density at radius 3 is 2.47 bits per heavy atom. The van der Waals surface area contributed by atoms with Gasteiger partial charge in [-0.05, 0) is 18.9 Å². The third kappa shape index (κ3) is 4.28. The second-order valence-corrected chi connectivity index (χ2v) is 5.28. The van der Waals surface area contributed by atoms with Gasteiger partial charge in [-0.25, -0.2) is 0 Å². The fourth-order valence-electron chi connectivity index (χ4n) is 2.13. The summed E-state index contributed by atoms with van der Waals surface area (Å²) in [5.41, 5.74) is 0. The average molecular weight is 242 g/mol. The third-order valence-electron chi connectivity index (χ3n) is 3.71.